The summed E-state index contributed by atoms with van der Waals surface area (Å²) in [6, 6.07) is 2.06. The molecule has 6 heteroatoms. The topological polar surface area (TPSA) is 116 Å². The number of aromatic nitrogens is 1. The van der Waals surface area contributed by atoms with Gasteiger partial charge in [0.1, 0.15) is 5.82 Å². The smallest absolute Gasteiger partial charge is 0.115 e. The van der Waals surface area contributed by atoms with Crippen LogP contribution in [0.25, 0.3) is 6.08 Å². The molecule has 0 atom stereocenters. The van der Waals surface area contributed by atoms with E-state index in [9.17, 15) is 0 Å². The first-order valence-electron chi connectivity index (χ1n) is 14.6. The van der Waals surface area contributed by atoms with Gasteiger partial charge in [0.15, 0.2) is 0 Å². The van der Waals surface area contributed by atoms with Crippen molar-refractivity contribution in [3.63, 3.8) is 0 Å². The van der Waals surface area contributed by atoms with Crippen molar-refractivity contribution in [2.24, 2.45) is 11.5 Å². The minimum Gasteiger partial charge on any atom is -0.404 e. The number of dihydropyridines is 1. The molecule has 2 aliphatic carbocycles. The Labute approximate surface area is 248 Å². The van der Waals surface area contributed by atoms with Gasteiger partial charge >= 0.3 is 0 Å². The van der Waals surface area contributed by atoms with E-state index < -0.39 is 0 Å². The van der Waals surface area contributed by atoms with Crippen molar-refractivity contribution in [1.29, 1.82) is 5.41 Å². The fraction of sp³-hybridized carbons (Fsp3) is 0.194. The predicted octanol–water partition coefficient (Wildman–Crippen LogP) is 7.27. The Hall–Kier alpha value is -4.97. The summed E-state index contributed by atoms with van der Waals surface area (Å²) in [4.78, 5) is 3.34. The first kappa shape index (κ1) is 28.6. The molecule has 0 spiro atoms. The SMILES string of the molecule is C=C1/C=C\c2cc[nH]c2NC(C2=CCCC=C2N)=C1CC1=CC=C(C(/C=C(/C/C=C\C=N)C2=CC=CCN2)=C/N)CC1. The van der Waals surface area contributed by atoms with Gasteiger partial charge in [0, 0.05) is 47.7 Å². The van der Waals surface area contributed by atoms with E-state index in [1.54, 1.807) is 12.3 Å². The van der Waals surface area contributed by atoms with Crippen LogP contribution >= 0.6 is 0 Å². The Morgan fingerprint density at radius 2 is 1.98 bits per heavy atom. The first-order valence-corrected chi connectivity index (χ1v) is 14.6. The van der Waals surface area contributed by atoms with E-state index in [1.165, 1.54) is 17.4 Å². The molecule has 4 aliphatic rings. The molecule has 0 aromatic carbocycles. The molecule has 214 valence electrons. The maximum atomic E-state index is 7.33. The van der Waals surface area contributed by atoms with Gasteiger partial charge in [0.2, 0.25) is 0 Å². The Morgan fingerprint density at radius 3 is 2.71 bits per heavy atom. The summed E-state index contributed by atoms with van der Waals surface area (Å²) in [6.07, 6.45) is 35.4. The lowest BCUT2D eigenvalue weighted by molar-refractivity contribution is 0.868. The van der Waals surface area contributed by atoms with Crippen molar-refractivity contribution >= 4 is 18.1 Å². The van der Waals surface area contributed by atoms with Crippen LogP contribution in [0, 0.1) is 5.41 Å². The van der Waals surface area contributed by atoms with Gasteiger partial charge in [-0.1, -0.05) is 66.8 Å². The van der Waals surface area contributed by atoms with Gasteiger partial charge in [-0.3, -0.25) is 0 Å². The second-order valence-electron chi connectivity index (χ2n) is 10.7. The van der Waals surface area contributed by atoms with Crippen LogP contribution < -0.4 is 22.1 Å². The standard InChI is InChI=1S/C36H40N6/c1-25-12-15-28-18-21-41-36(28)42-35(31-9-2-3-10-33(31)39)32(25)22-26-13-16-27(17-14-26)30(24-38)23-29(8-4-6-19-37)34-11-5-7-20-40-34/h4-7,9-13,15-16,18-19,21,23-24,37,40-42H,1-3,8,14,17,20,22,38-39H2/b6-4-,15-12-,29-23-,30-24+,35-32?,37-19?. The van der Waals surface area contributed by atoms with Crippen LogP contribution in [0.15, 0.2) is 148 Å². The fourth-order valence-corrected chi connectivity index (χ4v) is 5.57. The maximum Gasteiger partial charge on any atom is 0.115 e. The van der Waals surface area contributed by atoms with E-state index in [2.05, 4.69) is 89.0 Å². The second kappa shape index (κ2) is 13.6. The quantitative estimate of drug-likeness (QED) is 0.142. The van der Waals surface area contributed by atoms with Crippen molar-refractivity contribution in [2.75, 3.05) is 11.9 Å². The third-order valence-electron chi connectivity index (χ3n) is 7.89. The molecule has 42 heavy (non-hydrogen) atoms. The number of nitrogens with two attached hydrogens (primary N) is 2. The van der Waals surface area contributed by atoms with E-state index in [1.807, 2.05) is 12.3 Å². The molecular weight excluding hydrogens is 516 g/mol. The van der Waals surface area contributed by atoms with Crippen LogP contribution in [0.5, 0.6) is 0 Å². The molecule has 2 aliphatic heterocycles. The zero-order chi connectivity index (χ0) is 29.3. The highest BCUT2D eigenvalue weighted by atomic mass is 15.0. The molecule has 0 radical (unpaired) electrons. The zero-order valence-corrected chi connectivity index (χ0v) is 24.0. The molecule has 1 aromatic rings. The van der Waals surface area contributed by atoms with Crippen molar-refractivity contribution in [3.8, 4) is 0 Å². The normalized spacial score (nSPS) is 20.3. The summed E-state index contributed by atoms with van der Waals surface area (Å²) in [5.74, 6) is 0.958. The van der Waals surface area contributed by atoms with Crippen molar-refractivity contribution in [2.45, 2.75) is 38.5 Å². The third kappa shape index (κ3) is 6.66. The molecular formula is C36H40N6. The number of anilines is 1. The Kier molecular flexibility index (Phi) is 9.24. The van der Waals surface area contributed by atoms with Crippen molar-refractivity contribution in [1.82, 2.24) is 10.3 Å². The third-order valence-corrected chi connectivity index (χ3v) is 7.89. The van der Waals surface area contributed by atoms with Gasteiger partial charge < -0.3 is 32.5 Å². The summed E-state index contributed by atoms with van der Waals surface area (Å²) >= 11 is 0. The summed E-state index contributed by atoms with van der Waals surface area (Å²) in [7, 11) is 0. The van der Waals surface area contributed by atoms with E-state index in [4.69, 9.17) is 16.9 Å². The fourth-order valence-electron chi connectivity index (χ4n) is 5.57. The minimum atomic E-state index is 0.712. The van der Waals surface area contributed by atoms with Gasteiger partial charge in [0.05, 0.1) is 5.70 Å². The van der Waals surface area contributed by atoms with Crippen LogP contribution in [0.3, 0.4) is 0 Å². The highest BCUT2D eigenvalue weighted by Gasteiger charge is 2.22. The molecule has 0 unspecified atom stereocenters. The molecule has 1 aromatic heterocycles. The summed E-state index contributed by atoms with van der Waals surface area (Å²) < 4.78 is 0. The van der Waals surface area contributed by atoms with Crippen LogP contribution in [0.2, 0.25) is 0 Å². The number of rotatable bonds is 9. The lowest BCUT2D eigenvalue weighted by Gasteiger charge is -2.25. The molecule has 0 bridgehead atoms. The maximum absolute atomic E-state index is 7.33. The zero-order valence-electron chi connectivity index (χ0n) is 24.0. The molecule has 5 rings (SSSR count). The minimum absolute atomic E-state index is 0.712. The molecule has 0 saturated carbocycles. The van der Waals surface area contributed by atoms with E-state index in [-0.39, 0.29) is 0 Å². The first-order chi connectivity index (χ1) is 20.6. The van der Waals surface area contributed by atoms with Gasteiger partial charge in [-0.25, -0.2) is 0 Å². The van der Waals surface area contributed by atoms with Gasteiger partial charge in [-0.2, -0.15) is 0 Å². The van der Waals surface area contributed by atoms with Crippen LogP contribution in [-0.4, -0.2) is 17.7 Å². The number of nitrogens with one attached hydrogen (secondary N) is 4. The van der Waals surface area contributed by atoms with Crippen LogP contribution in [0.1, 0.15) is 44.1 Å². The van der Waals surface area contributed by atoms with E-state index in [0.717, 1.165) is 95.0 Å². The van der Waals surface area contributed by atoms with Crippen molar-refractivity contribution < 1.29 is 0 Å². The van der Waals surface area contributed by atoms with Gasteiger partial charge in [0.25, 0.3) is 0 Å². The Balaban J connectivity index is 1.45. The number of fused-ring (bicyclic) bond motifs is 1. The highest BCUT2D eigenvalue weighted by molar-refractivity contribution is 5.74. The number of hydrogen-bond donors (Lipinski definition) is 6. The lowest BCUT2D eigenvalue weighted by Crippen LogP contribution is -2.17. The number of aromatic amines is 1. The Bertz CT molecular complexity index is 1590. The van der Waals surface area contributed by atoms with Gasteiger partial charge in [-0.15, -0.1) is 0 Å². The number of H-pyrrole nitrogens is 1. The summed E-state index contributed by atoms with van der Waals surface area (Å²) in [6.45, 7) is 5.26. The van der Waals surface area contributed by atoms with E-state index in [0.29, 0.717) is 6.42 Å². The number of allylic oxidation sites excluding steroid dienone is 16. The van der Waals surface area contributed by atoms with Gasteiger partial charge in [-0.05, 0) is 90.7 Å². The Morgan fingerprint density at radius 1 is 1.10 bits per heavy atom. The molecule has 8 N–H and O–H groups in total. The van der Waals surface area contributed by atoms with E-state index >= 15 is 0 Å². The van der Waals surface area contributed by atoms with Crippen molar-refractivity contribution in [3.05, 3.63) is 154 Å². The second-order valence-corrected chi connectivity index (χ2v) is 10.7. The molecule has 0 fully saturated rings. The number of hydrogen-bond acceptors (Lipinski definition) is 5. The summed E-state index contributed by atoms with van der Waals surface area (Å²) in [5.41, 5.74) is 24.6. The highest BCUT2D eigenvalue weighted by Crippen LogP contribution is 2.37. The molecule has 3 heterocycles. The molecule has 0 saturated heterocycles. The van der Waals surface area contributed by atoms with Crippen LogP contribution in [-0.2, 0) is 0 Å². The molecule has 0 amide bonds. The molecule has 6 nitrogen and oxygen atoms in total. The average molecular weight is 557 g/mol. The largest absolute Gasteiger partial charge is 0.404 e. The monoisotopic (exact) mass is 556 g/mol. The average Bonchev–Trinajstić information content (AvgIpc) is 3.46. The van der Waals surface area contributed by atoms with Crippen LogP contribution in [0.4, 0.5) is 5.82 Å². The lowest BCUT2D eigenvalue weighted by atomic mass is 9.85. The predicted molar refractivity (Wildman–Crippen MR) is 177 cm³/mol. The summed E-state index contributed by atoms with van der Waals surface area (Å²) in [5, 5.41) is 14.5.